The molecule has 0 spiro atoms. The third-order valence-electron chi connectivity index (χ3n) is 4.79. The third kappa shape index (κ3) is 5.69. The lowest BCUT2D eigenvalue weighted by Gasteiger charge is -2.16. The molecule has 0 bridgehead atoms. The van der Waals surface area contributed by atoms with E-state index in [2.05, 4.69) is 16.0 Å². The number of carbonyl (C=O) groups excluding carboxylic acids is 4. The van der Waals surface area contributed by atoms with E-state index in [-0.39, 0.29) is 11.8 Å². The van der Waals surface area contributed by atoms with Crippen LogP contribution in [0.4, 0.5) is 16.4 Å². The van der Waals surface area contributed by atoms with Crippen LogP contribution in [-0.2, 0) is 32.0 Å². The van der Waals surface area contributed by atoms with Gasteiger partial charge in [0.05, 0.1) is 5.56 Å². The molecule has 9 heteroatoms. The van der Waals surface area contributed by atoms with Crippen LogP contribution in [0.3, 0.4) is 0 Å². The zero-order valence-electron chi connectivity index (χ0n) is 17.7. The Labute approximate surface area is 184 Å². The van der Waals surface area contributed by atoms with Crippen molar-refractivity contribution < 1.29 is 23.9 Å². The number of esters is 1. The summed E-state index contributed by atoms with van der Waals surface area (Å²) in [4.78, 5) is 49.2. The maximum atomic E-state index is 12.9. The smallest absolute Gasteiger partial charge is 0.342 e. The quantitative estimate of drug-likeness (QED) is 0.589. The van der Waals surface area contributed by atoms with Crippen molar-refractivity contribution in [1.29, 1.82) is 0 Å². The van der Waals surface area contributed by atoms with Crippen LogP contribution in [0.1, 0.15) is 54.4 Å². The minimum atomic E-state index is -1.04. The Morgan fingerprint density at radius 3 is 2.10 bits per heavy atom. The van der Waals surface area contributed by atoms with Crippen molar-refractivity contribution in [3.63, 3.8) is 0 Å². The Kier molecular flexibility index (Phi) is 7.06. The number of benzene rings is 1. The molecule has 2 aromatic rings. The second-order valence-electron chi connectivity index (χ2n) is 7.39. The number of thiophene rings is 1. The van der Waals surface area contributed by atoms with Crippen molar-refractivity contribution in [3.05, 3.63) is 40.3 Å². The van der Waals surface area contributed by atoms with Gasteiger partial charge in [0.25, 0.3) is 5.91 Å². The van der Waals surface area contributed by atoms with E-state index in [1.807, 2.05) is 0 Å². The van der Waals surface area contributed by atoms with Crippen molar-refractivity contribution in [1.82, 2.24) is 0 Å². The number of hydrogen-bond donors (Lipinski definition) is 3. The summed E-state index contributed by atoms with van der Waals surface area (Å²) in [5.41, 5.74) is 2.38. The van der Waals surface area contributed by atoms with Crippen molar-refractivity contribution in [2.24, 2.45) is 0 Å². The van der Waals surface area contributed by atoms with Gasteiger partial charge in [0.1, 0.15) is 5.00 Å². The van der Waals surface area contributed by atoms with Gasteiger partial charge in [0.15, 0.2) is 6.10 Å². The standard InChI is InChI=1S/C22H25N3O5S/c1-12(20(28)25-16-10-8-15(9-11-16)23-13(2)26)30-22(29)19-17-6-4-5-7-18(17)31-21(19)24-14(3)27/h8-12H,4-7H2,1-3H3,(H,23,26)(H,24,27)(H,25,28). The van der Waals surface area contributed by atoms with Gasteiger partial charge in [-0.3, -0.25) is 14.4 Å². The number of fused-ring (bicyclic) bond motifs is 1. The zero-order valence-corrected chi connectivity index (χ0v) is 18.5. The molecule has 1 aliphatic rings. The molecule has 3 N–H and O–H groups in total. The van der Waals surface area contributed by atoms with E-state index in [4.69, 9.17) is 4.74 Å². The topological polar surface area (TPSA) is 114 Å². The summed E-state index contributed by atoms with van der Waals surface area (Å²) in [6, 6.07) is 6.60. The molecule has 1 heterocycles. The predicted molar refractivity (Wildman–Crippen MR) is 120 cm³/mol. The highest BCUT2D eigenvalue weighted by Crippen LogP contribution is 2.38. The van der Waals surface area contributed by atoms with Crippen LogP contribution >= 0.6 is 11.3 Å². The summed E-state index contributed by atoms with van der Waals surface area (Å²) in [5.74, 6) is -1.55. The van der Waals surface area contributed by atoms with Gasteiger partial charge in [-0.25, -0.2) is 4.79 Å². The number of aryl methyl sites for hydroxylation is 1. The molecule has 1 unspecified atom stereocenters. The first-order valence-corrected chi connectivity index (χ1v) is 10.9. The minimum Gasteiger partial charge on any atom is -0.449 e. The Bertz CT molecular complexity index is 1010. The van der Waals surface area contributed by atoms with Gasteiger partial charge in [-0.05, 0) is 62.4 Å². The molecule has 31 heavy (non-hydrogen) atoms. The zero-order chi connectivity index (χ0) is 22.5. The molecule has 0 saturated heterocycles. The largest absolute Gasteiger partial charge is 0.449 e. The fourth-order valence-electron chi connectivity index (χ4n) is 3.39. The molecular weight excluding hydrogens is 418 g/mol. The van der Waals surface area contributed by atoms with E-state index < -0.39 is 18.0 Å². The van der Waals surface area contributed by atoms with Crippen LogP contribution in [0.15, 0.2) is 24.3 Å². The number of nitrogens with one attached hydrogen (secondary N) is 3. The third-order valence-corrected chi connectivity index (χ3v) is 6.00. The summed E-state index contributed by atoms with van der Waals surface area (Å²) >= 11 is 1.40. The van der Waals surface area contributed by atoms with Gasteiger partial charge in [0.2, 0.25) is 11.8 Å². The van der Waals surface area contributed by atoms with Crippen LogP contribution < -0.4 is 16.0 Å². The maximum absolute atomic E-state index is 12.9. The number of anilines is 3. The molecule has 1 aromatic heterocycles. The molecule has 1 atom stereocenters. The van der Waals surface area contributed by atoms with Gasteiger partial charge in [0, 0.05) is 30.1 Å². The van der Waals surface area contributed by atoms with Crippen molar-refractivity contribution in [3.8, 4) is 0 Å². The van der Waals surface area contributed by atoms with E-state index in [0.717, 1.165) is 36.1 Å². The van der Waals surface area contributed by atoms with Crippen molar-refractivity contribution in [2.75, 3.05) is 16.0 Å². The highest BCUT2D eigenvalue weighted by Gasteiger charge is 2.29. The van der Waals surface area contributed by atoms with Crippen LogP contribution in [0.25, 0.3) is 0 Å². The first-order chi connectivity index (χ1) is 14.7. The van der Waals surface area contributed by atoms with Gasteiger partial charge < -0.3 is 20.7 Å². The average molecular weight is 444 g/mol. The molecule has 0 aliphatic heterocycles. The minimum absolute atomic E-state index is 0.188. The lowest BCUT2D eigenvalue weighted by Crippen LogP contribution is -2.30. The van der Waals surface area contributed by atoms with Gasteiger partial charge in [-0.2, -0.15) is 0 Å². The molecule has 164 valence electrons. The maximum Gasteiger partial charge on any atom is 0.342 e. The average Bonchev–Trinajstić information content (AvgIpc) is 3.06. The molecule has 1 aromatic carbocycles. The van der Waals surface area contributed by atoms with E-state index in [9.17, 15) is 19.2 Å². The lowest BCUT2D eigenvalue weighted by molar-refractivity contribution is -0.123. The first kappa shape index (κ1) is 22.5. The summed E-state index contributed by atoms with van der Waals surface area (Å²) in [7, 11) is 0. The van der Waals surface area contributed by atoms with Crippen LogP contribution in [0.5, 0.6) is 0 Å². The number of carbonyl (C=O) groups is 4. The van der Waals surface area contributed by atoms with Crippen LogP contribution in [-0.4, -0.2) is 29.8 Å². The highest BCUT2D eigenvalue weighted by atomic mass is 32.1. The number of rotatable bonds is 6. The normalized spacial score (nSPS) is 13.5. The monoisotopic (exact) mass is 443 g/mol. The SMILES string of the molecule is CC(=O)Nc1ccc(NC(=O)C(C)OC(=O)c2c(NC(C)=O)sc3c2CCCC3)cc1. The molecule has 0 saturated carbocycles. The molecule has 3 amide bonds. The molecule has 0 radical (unpaired) electrons. The molecular formula is C22H25N3O5S. The highest BCUT2D eigenvalue weighted by molar-refractivity contribution is 7.17. The van der Waals surface area contributed by atoms with Crippen LogP contribution in [0.2, 0.25) is 0 Å². The van der Waals surface area contributed by atoms with E-state index in [0.29, 0.717) is 21.9 Å². The second kappa shape index (κ2) is 9.74. The summed E-state index contributed by atoms with van der Waals surface area (Å²) in [6.45, 7) is 4.30. The molecule has 0 fully saturated rings. The van der Waals surface area contributed by atoms with Gasteiger partial charge >= 0.3 is 5.97 Å². The van der Waals surface area contributed by atoms with E-state index >= 15 is 0 Å². The van der Waals surface area contributed by atoms with Crippen molar-refractivity contribution >= 4 is 51.4 Å². The number of hydrogen-bond acceptors (Lipinski definition) is 6. The lowest BCUT2D eigenvalue weighted by atomic mass is 9.95. The van der Waals surface area contributed by atoms with Crippen molar-refractivity contribution in [2.45, 2.75) is 52.6 Å². The summed E-state index contributed by atoms with van der Waals surface area (Å²) in [6.07, 6.45) is 2.59. The molecule has 8 nitrogen and oxygen atoms in total. The Balaban J connectivity index is 1.68. The van der Waals surface area contributed by atoms with E-state index in [1.165, 1.54) is 32.1 Å². The number of amides is 3. The Morgan fingerprint density at radius 2 is 1.48 bits per heavy atom. The summed E-state index contributed by atoms with van der Waals surface area (Å²) in [5, 5.41) is 8.53. The summed E-state index contributed by atoms with van der Waals surface area (Å²) < 4.78 is 5.44. The first-order valence-electron chi connectivity index (χ1n) is 10.1. The van der Waals surface area contributed by atoms with Gasteiger partial charge in [-0.1, -0.05) is 0 Å². The second-order valence-corrected chi connectivity index (χ2v) is 8.50. The Morgan fingerprint density at radius 1 is 0.903 bits per heavy atom. The van der Waals surface area contributed by atoms with E-state index in [1.54, 1.807) is 24.3 Å². The number of ether oxygens (including phenoxy) is 1. The molecule has 3 rings (SSSR count). The fraction of sp³-hybridized carbons (Fsp3) is 0.364. The van der Waals surface area contributed by atoms with Crippen LogP contribution in [0, 0.1) is 0 Å². The molecule has 1 aliphatic carbocycles. The van der Waals surface area contributed by atoms with Gasteiger partial charge in [-0.15, -0.1) is 11.3 Å². The fourth-order valence-corrected chi connectivity index (χ4v) is 4.71. The predicted octanol–water partition coefficient (Wildman–Crippen LogP) is 3.73. The Hall–Kier alpha value is -3.20.